The average molecular weight is 1490 g/mol. The Morgan fingerprint density at radius 3 is 0.590 bits per heavy atom. The lowest BCUT2D eigenvalue weighted by atomic mass is 9.78. The first-order chi connectivity index (χ1) is 47.7. The summed E-state index contributed by atoms with van der Waals surface area (Å²) in [4.78, 5) is 1.60. The molecule has 10 aromatic rings. The highest BCUT2D eigenvalue weighted by Gasteiger charge is 2.24. The molecule has 10 aromatic carbocycles. The predicted molar refractivity (Wildman–Crippen MR) is 346 cm³/mol. The number of ether oxygens (including phenoxy) is 5. The van der Waals surface area contributed by atoms with Crippen LogP contribution in [0.1, 0.15) is 41.7 Å². The Balaban J connectivity index is 0. The molecule has 0 atom stereocenters. The zero-order chi connectivity index (χ0) is 75.4. The Labute approximate surface area is 566 Å². The third kappa shape index (κ3) is 27.3. The van der Waals surface area contributed by atoms with Gasteiger partial charge in [-0.1, -0.05) is 115 Å². The highest BCUT2D eigenvalue weighted by Crippen LogP contribution is 2.35. The number of sulfone groups is 3. The van der Waals surface area contributed by atoms with Crippen molar-refractivity contribution in [2.45, 2.75) is 69.4 Å². The van der Waals surface area contributed by atoms with Crippen LogP contribution in [0.5, 0.6) is 40.2 Å². The molecule has 11 nitrogen and oxygen atoms in total. The van der Waals surface area contributed by atoms with Crippen molar-refractivity contribution < 1.29 is 127 Å². The van der Waals surface area contributed by atoms with Crippen molar-refractivity contribution in [3.8, 4) is 51.4 Å². The van der Waals surface area contributed by atoms with Crippen LogP contribution >= 0.6 is 0 Å². The Hall–Kier alpha value is -10.1. The van der Waals surface area contributed by atoms with Crippen LogP contribution in [-0.2, 0) is 34.9 Å². The van der Waals surface area contributed by atoms with Gasteiger partial charge in [-0.05, 0) is 201 Å². The van der Waals surface area contributed by atoms with Crippen LogP contribution in [-0.4, -0.2) is 46.6 Å². The monoisotopic (exact) mass is 1490 g/mol. The molecule has 0 N–H and O–H groups in total. The summed E-state index contributed by atoms with van der Waals surface area (Å²) in [5, 5.41) is 0. The smallest absolute Gasteiger partial charge is 0.206 e. The molecule has 0 amide bonds. The first-order valence-corrected chi connectivity index (χ1v) is 31.9. The lowest BCUT2D eigenvalue weighted by Crippen LogP contribution is -2.18. The summed E-state index contributed by atoms with van der Waals surface area (Å²) in [6, 6.07) is 71.5. The fourth-order valence-electron chi connectivity index (χ4n) is 8.57. The van der Waals surface area contributed by atoms with E-state index in [9.17, 15) is 25.3 Å². The topological polar surface area (TPSA) is 149 Å². The molecule has 0 bridgehead atoms. The zero-order valence-electron chi connectivity index (χ0n) is 53.8. The molecular formula is C69H65F17O11S3. The van der Waals surface area contributed by atoms with E-state index in [2.05, 4.69) is 38.1 Å². The van der Waals surface area contributed by atoms with E-state index in [4.69, 9.17) is 96.9 Å². The van der Waals surface area contributed by atoms with E-state index in [-0.39, 0.29) is 34.6 Å². The van der Waals surface area contributed by atoms with Gasteiger partial charge in [0.1, 0.15) is 40.2 Å². The van der Waals surface area contributed by atoms with E-state index in [0.29, 0.717) is 33.6 Å². The number of methoxy groups -OCH3 is 3. The molecule has 0 fully saturated rings. The number of benzene rings is 10. The maximum atomic E-state index is 12.9. The maximum absolute atomic E-state index is 12.9. The van der Waals surface area contributed by atoms with Crippen LogP contribution in [0.2, 0.25) is 0 Å². The Kier molecular flexibility index (Phi) is 44.6. The van der Waals surface area contributed by atoms with Crippen molar-refractivity contribution in [2.24, 2.45) is 0 Å². The third-order valence-electron chi connectivity index (χ3n) is 13.8. The minimum absolute atomic E-state index is 0. The normalized spacial score (nSPS) is 9.96. The standard InChI is InChI=1S/C29H28O4S.C26H22O4S.C14H14O3S.8F2.FH/c1-21-5-17-27(18-6-21)34(30,31)28-19-15-26(16-20-28)33-25-13-9-23(10-14-25)29(2,3)22-7-11-24(32-4)12-8-22;1-19-3-15-25(16-4-19)31(27,28)26-17-13-24(14-18-26)30-23-11-7-21(8-12-23)20-5-9-22(29-2)10-6-20;1-11-3-7-13(8-4-11)18(15,16)14-9-5-12(17-2)6-10-14;8*1-2;/h5-20H,1-4H3;3-18H,1-2H3;3-10H,1-2H3;;;;;;;;;1H. The van der Waals surface area contributed by atoms with Crippen molar-refractivity contribution in [3.05, 3.63) is 270 Å². The molecule has 10 rings (SSSR count). The van der Waals surface area contributed by atoms with Crippen LogP contribution in [0, 0.1) is 20.8 Å². The minimum Gasteiger partial charge on any atom is -0.497 e. The molecular weight excluding hydrogens is 1420 g/mol. The fourth-order valence-corrected chi connectivity index (χ4v) is 12.4. The van der Waals surface area contributed by atoms with Gasteiger partial charge in [0.25, 0.3) is 0 Å². The van der Waals surface area contributed by atoms with Crippen molar-refractivity contribution in [2.75, 3.05) is 21.3 Å². The largest absolute Gasteiger partial charge is 0.497 e. The van der Waals surface area contributed by atoms with Crippen molar-refractivity contribution in [1.29, 1.82) is 0 Å². The van der Waals surface area contributed by atoms with Gasteiger partial charge in [-0.25, -0.2) is 25.3 Å². The van der Waals surface area contributed by atoms with E-state index in [1.165, 1.54) is 5.56 Å². The molecule has 0 aromatic heterocycles. The summed E-state index contributed by atoms with van der Waals surface area (Å²) >= 11 is 0. The molecule has 100 heavy (non-hydrogen) atoms. The lowest BCUT2D eigenvalue weighted by Gasteiger charge is -2.26. The molecule has 0 spiro atoms. The molecule has 0 saturated carbocycles. The van der Waals surface area contributed by atoms with Crippen molar-refractivity contribution >= 4 is 29.5 Å². The number of halogens is 17. The van der Waals surface area contributed by atoms with E-state index in [0.717, 1.165) is 44.9 Å². The average Bonchev–Trinajstić information content (AvgIpc) is 0.821. The van der Waals surface area contributed by atoms with E-state index in [1.54, 1.807) is 167 Å². The molecule has 31 heteroatoms. The van der Waals surface area contributed by atoms with E-state index < -0.39 is 29.5 Å². The van der Waals surface area contributed by atoms with Crippen LogP contribution in [0.4, 0.5) is 77.9 Å². The number of hydrogen-bond acceptors (Lipinski definition) is 11. The minimum atomic E-state index is -3.56. The van der Waals surface area contributed by atoms with Gasteiger partial charge in [-0.2, -0.15) is 0 Å². The molecule has 0 saturated heterocycles. The van der Waals surface area contributed by atoms with Crippen molar-refractivity contribution in [3.63, 3.8) is 0 Å². The molecule has 0 heterocycles. The lowest BCUT2D eigenvalue weighted by molar-refractivity contribution is 0.108. The van der Waals surface area contributed by atoms with Crippen LogP contribution < -0.4 is 23.7 Å². The number of aryl methyl sites for hydroxylation is 3. The van der Waals surface area contributed by atoms with Gasteiger partial charge in [0.15, 0.2) is 0 Å². The van der Waals surface area contributed by atoms with Crippen molar-refractivity contribution in [1.82, 2.24) is 0 Å². The van der Waals surface area contributed by atoms with Gasteiger partial charge in [0, 0.05) is 78.6 Å². The van der Waals surface area contributed by atoms with Crippen LogP contribution in [0.3, 0.4) is 0 Å². The summed E-state index contributed by atoms with van der Waals surface area (Å²) in [6.07, 6.45) is 0. The second-order valence-corrected chi connectivity index (χ2v) is 25.8. The van der Waals surface area contributed by atoms with Crippen LogP contribution in [0.15, 0.2) is 272 Å². The summed E-state index contributed by atoms with van der Waals surface area (Å²) in [5.74, 6) is 4.79. The summed E-state index contributed by atoms with van der Waals surface area (Å²) in [5.41, 5.74) is 7.37. The van der Waals surface area contributed by atoms with Gasteiger partial charge in [0.05, 0.1) is 50.7 Å². The highest BCUT2D eigenvalue weighted by molar-refractivity contribution is 7.92. The molecule has 544 valence electrons. The molecule has 0 aliphatic rings. The first kappa shape index (κ1) is 91.9. The van der Waals surface area contributed by atoms with Gasteiger partial charge in [-0.15, -0.1) is 0 Å². The molecule has 0 radical (unpaired) electrons. The first-order valence-electron chi connectivity index (χ1n) is 27.5. The van der Waals surface area contributed by atoms with E-state index >= 15 is 0 Å². The highest BCUT2D eigenvalue weighted by atomic mass is 32.2. The Morgan fingerprint density at radius 1 is 0.240 bits per heavy atom. The van der Waals surface area contributed by atoms with Gasteiger partial charge in [0.2, 0.25) is 29.5 Å². The second-order valence-electron chi connectivity index (χ2n) is 19.9. The fraction of sp³-hybridized carbons (Fsp3) is 0.130. The molecule has 0 unspecified atom stereocenters. The maximum Gasteiger partial charge on any atom is 0.206 e. The number of rotatable bonds is 16. The summed E-state index contributed by atoms with van der Waals surface area (Å²) < 4.78 is 231. The van der Waals surface area contributed by atoms with Crippen LogP contribution in [0.25, 0.3) is 11.1 Å². The predicted octanol–water partition coefficient (Wildman–Crippen LogP) is 23.0. The van der Waals surface area contributed by atoms with Gasteiger partial charge in [-0.3, -0.25) is 4.70 Å². The number of hydrogen-bond donors (Lipinski definition) is 0. The molecule has 0 aliphatic heterocycles. The Morgan fingerprint density at radius 2 is 0.390 bits per heavy atom. The zero-order valence-corrected chi connectivity index (χ0v) is 56.2. The SMILES string of the molecule is COc1ccc(-c2ccc(Oc3ccc(S(=O)(=O)c4ccc(C)cc4)cc3)cc2)cc1.COc1ccc(C(C)(C)c2ccc(Oc3ccc(S(=O)(=O)c4ccc(C)cc4)cc3)cc2)cc1.COc1ccc(S(=O)(=O)c2ccc(C)cc2)cc1.F.FF.FF.FF.FF.FF.FF.FF.FF. The quantitative estimate of drug-likeness (QED) is 0.0851. The van der Waals surface area contributed by atoms with Gasteiger partial charge < -0.3 is 23.7 Å². The second kappa shape index (κ2) is 48.6. The Bertz CT molecular complexity index is 4140. The summed E-state index contributed by atoms with van der Waals surface area (Å²) in [7, 11) is -5.70. The molecule has 0 aliphatic carbocycles. The van der Waals surface area contributed by atoms with E-state index in [1.807, 2.05) is 93.6 Å². The van der Waals surface area contributed by atoms with Gasteiger partial charge >= 0.3 is 0 Å². The summed E-state index contributed by atoms with van der Waals surface area (Å²) in [6.45, 7) is 10.1. The third-order valence-corrected chi connectivity index (χ3v) is 19.1.